The van der Waals surface area contributed by atoms with Crippen LogP contribution in [0, 0.1) is 27.2 Å². The first-order chi connectivity index (χ1) is 11.3. The lowest BCUT2D eigenvalue weighted by molar-refractivity contribution is -0.385. The number of anilines is 1. The molecule has 1 amide bonds. The smallest absolute Gasteiger partial charge is 0.285 e. The van der Waals surface area contributed by atoms with E-state index in [4.69, 9.17) is 0 Å². The summed E-state index contributed by atoms with van der Waals surface area (Å²) in [6, 6.07) is 6.01. The maximum atomic E-state index is 12.0. The largest absolute Gasteiger partial charge is 0.324 e. The van der Waals surface area contributed by atoms with E-state index < -0.39 is 27.9 Å². The van der Waals surface area contributed by atoms with Gasteiger partial charge in [-0.3, -0.25) is 34.4 Å². The van der Waals surface area contributed by atoms with Crippen LogP contribution in [-0.2, 0) is 11.3 Å². The fourth-order valence-corrected chi connectivity index (χ4v) is 1.95. The highest BCUT2D eigenvalue weighted by atomic mass is 16.6. The van der Waals surface area contributed by atoms with Gasteiger partial charge in [0.2, 0.25) is 5.91 Å². The lowest BCUT2D eigenvalue weighted by Crippen LogP contribution is -2.27. The number of rotatable bonds is 5. The van der Waals surface area contributed by atoms with E-state index in [9.17, 15) is 29.8 Å². The number of hydrogen-bond donors (Lipinski definition) is 1. The number of non-ortho nitro benzene ring substituents is 1. The Morgan fingerprint density at radius 2 is 1.75 bits per heavy atom. The Labute approximate surface area is 134 Å². The normalized spacial score (nSPS) is 10.2. The molecule has 0 unspecified atom stereocenters. The predicted molar refractivity (Wildman–Crippen MR) is 83.8 cm³/mol. The van der Waals surface area contributed by atoms with Crippen molar-refractivity contribution in [2.45, 2.75) is 13.5 Å². The Kier molecular flexibility index (Phi) is 4.68. The molecule has 10 nitrogen and oxygen atoms in total. The number of carbonyl (C=O) groups is 1. The molecule has 2 aromatic rings. The van der Waals surface area contributed by atoms with E-state index in [0.717, 1.165) is 22.9 Å². The van der Waals surface area contributed by atoms with Crippen LogP contribution in [0.5, 0.6) is 0 Å². The first kappa shape index (κ1) is 16.8. The molecule has 0 radical (unpaired) electrons. The second-order valence-electron chi connectivity index (χ2n) is 4.92. The molecule has 1 aromatic heterocycles. The summed E-state index contributed by atoms with van der Waals surface area (Å²) in [5.74, 6) is -0.638. The van der Waals surface area contributed by atoms with E-state index in [1.807, 2.05) is 0 Å². The minimum Gasteiger partial charge on any atom is -0.324 e. The van der Waals surface area contributed by atoms with Crippen molar-refractivity contribution in [2.75, 3.05) is 5.32 Å². The molecule has 1 heterocycles. The molecule has 1 aromatic carbocycles. The predicted octanol–water partition coefficient (Wildman–Crippen LogP) is 1.61. The van der Waals surface area contributed by atoms with Crippen molar-refractivity contribution in [1.29, 1.82) is 0 Å². The summed E-state index contributed by atoms with van der Waals surface area (Å²) in [5.41, 5.74) is -0.267. The third kappa shape index (κ3) is 3.80. The number of nitrogens with one attached hydrogen (secondary N) is 1. The minimum absolute atomic E-state index is 0.191. The average Bonchev–Trinajstić information content (AvgIpc) is 2.51. The summed E-state index contributed by atoms with van der Waals surface area (Å²) >= 11 is 0. The summed E-state index contributed by atoms with van der Waals surface area (Å²) in [6.07, 6.45) is 0.961. The summed E-state index contributed by atoms with van der Waals surface area (Å²) < 4.78 is 0.889. The first-order valence-corrected chi connectivity index (χ1v) is 6.67. The molecule has 124 valence electrons. The van der Waals surface area contributed by atoms with E-state index in [1.54, 1.807) is 6.92 Å². The number of aryl methyl sites for hydroxylation is 1. The fourth-order valence-electron chi connectivity index (χ4n) is 1.95. The van der Waals surface area contributed by atoms with Gasteiger partial charge in [0.1, 0.15) is 6.54 Å². The van der Waals surface area contributed by atoms with Crippen LogP contribution in [0.3, 0.4) is 0 Å². The quantitative estimate of drug-likeness (QED) is 0.652. The van der Waals surface area contributed by atoms with E-state index >= 15 is 0 Å². The molecule has 0 saturated heterocycles. The van der Waals surface area contributed by atoms with Crippen LogP contribution < -0.4 is 10.9 Å². The number of aromatic nitrogens is 1. The topological polar surface area (TPSA) is 137 Å². The molecule has 2 rings (SSSR count). The first-order valence-electron chi connectivity index (χ1n) is 6.67. The standard InChI is InChI=1S/C14H12N4O6/c1-9-2-3-10(17(21)22)6-12(9)15-13(19)8-16-7-11(18(23)24)4-5-14(16)20/h2-7H,8H2,1H3,(H,15,19). The van der Waals surface area contributed by atoms with E-state index in [-0.39, 0.29) is 17.1 Å². The lowest BCUT2D eigenvalue weighted by atomic mass is 10.2. The molecule has 0 spiro atoms. The second kappa shape index (κ2) is 6.69. The number of benzene rings is 1. The molecule has 10 heteroatoms. The van der Waals surface area contributed by atoms with Crippen molar-refractivity contribution >= 4 is 23.0 Å². The second-order valence-corrected chi connectivity index (χ2v) is 4.92. The molecular weight excluding hydrogens is 320 g/mol. The maximum Gasteiger partial charge on any atom is 0.285 e. The van der Waals surface area contributed by atoms with Gasteiger partial charge in [0, 0.05) is 24.3 Å². The Morgan fingerprint density at radius 3 is 2.38 bits per heavy atom. The van der Waals surface area contributed by atoms with Crippen molar-refractivity contribution in [3.63, 3.8) is 0 Å². The van der Waals surface area contributed by atoms with Crippen LogP contribution in [0.4, 0.5) is 17.1 Å². The summed E-state index contributed by atoms with van der Waals surface area (Å²) in [5, 5.41) is 23.9. The zero-order valence-electron chi connectivity index (χ0n) is 12.5. The van der Waals surface area contributed by atoms with Gasteiger partial charge in [-0.05, 0) is 12.5 Å². The van der Waals surface area contributed by atoms with Gasteiger partial charge < -0.3 is 5.32 Å². The van der Waals surface area contributed by atoms with Gasteiger partial charge in [0.05, 0.1) is 21.7 Å². The van der Waals surface area contributed by atoms with E-state index in [1.165, 1.54) is 18.2 Å². The van der Waals surface area contributed by atoms with Gasteiger partial charge in [0.25, 0.3) is 16.9 Å². The molecule has 1 N–H and O–H groups in total. The van der Waals surface area contributed by atoms with E-state index in [2.05, 4.69) is 5.32 Å². The van der Waals surface area contributed by atoms with Gasteiger partial charge in [0.15, 0.2) is 0 Å². The molecule has 0 atom stereocenters. The van der Waals surface area contributed by atoms with Crippen LogP contribution in [0.1, 0.15) is 5.56 Å². The van der Waals surface area contributed by atoms with Gasteiger partial charge in [-0.15, -0.1) is 0 Å². The van der Waals surface area contributed by atoms with E-state index in [0.29, 0.717) is 5.56 Å². The number of nitro groups is 2. The summed E-state index contributed by atoms with van der Waals surface area (Å²) in [6.45, 7) is 1.20. The van der Waals surface area contributed by atoms with Crippen molar-refractivity contribution in [1.82, 2.24) is 4.57 Å². The Morgan fingerprint density at radius 1 is 1.12 bits per heavy atom. The highest BCUT2D eigenvalue weighted by molar-refractivity contribution is 5.91. The van der Waals surface area contributed by atoms with Crippen molar-refractivity contribution in [3.05, 3.63) is 72.7 Å². The van der Waals surface area contributed by atoms with Crippen molar-refractivity contribution in [3.8, 4) is 0 Å². The molecule has 0 fully saturated rings. The molecule has 0 aliphatic heterocycles. The maximum absolute atomic E-state index is 12.0. The van der Waals surface area contributed by atoms with Crippen LogP contribution in [0.15, 0.2) is 41.3 Å². The van der Waals surface area contributed by atoms with Crippen LogP contribution in [0.2, 0.25) is 0 Å². The molecule has 0 saturated carbocycles. The number of amides is 1. The SMILES string of the molecule is Cc1ccc([N+](=O)[O-])cc1NC(=O)Cn1cc([N+](=O)[O-])ccc1=O. The zero-order valence-corrected chi connectivity index (χ0v) is 12.5. The third-order valence-corrected chi connectivity index (χ3v) is 3.20. The minimum atomic E-state index is -0.682. The van der Waals surface area contributed by atoms with Crippen LogP contribution in [-0.4, -0.2) is 20.3 Å². The number of nitrogens with zero attached hydrogens (tertiary/aromatic N) is 3. The summed E-state index contributed by atoms with van der Waals surface area (Å²) in [7, 11) is 0. The number of nitro benzene ring substituents is 1. The van der Waals surface area contributed by atoms with Gasteiger partial charge in [-0.1, -0.05) is 6.07 Å². The van der Waals surface area contributed by atoms with Crippen LogP contribution >= 0.6 is 0 Å². The molecule has 0 aliphatic carbocycles. The average molecular weight is 332 g/mol. The van der Waals surface area contributed by atoms with Crippen molar-refractivity contribution in [2.24, 2.45) is 0 Å². The molecule has 0 aliphatic rings. The zero-order chi connectivity index (χ0) is 17.9. The Bertz CT molecular complexity index is 889. The molecule has 24 heavy (non-hydrogen) atoms. The summed E-state index contributed by atoms with van der Waals surface area (Å²) in [4.78, 5) is 43.9. The van der Waals surface area contributed by atoms with Gasteiger partial charge in [-0.25, -0.2) is 0 Å². The Hall–Kier alpha value is -3.56. The highest BCUT2D eigenvalue weighted by Gasteiger charge is 2.13. The van der Waals surface area contributed by atoms with Crippen LogP contribution in [0.25, 0.3) is 0 Å². The third-order valence-electron chi connectivity index (χ3n) is 3.20. The van der Waals surface area contributed by atoms with Gasteiger partial charge >= 0.3 is 0 Å². The monoisotopic (exact) mass is 332 g/mol. The number of pyridine rings is 1. The number of carbonyl (C=O) groups excluding carboxylic acids is 1. The highest BCUT2D eigenvalue weighted by Crippen LogP contribution is 2.21. The molecular formula is C14H12N4O6. The van der Waals surface area contributed by atoms with Crippen molar-refractivity contribution < 1.29 is 14.6 Å². The fraction of sp³-hybridized carbons (Fsp3) is 0.143. The molecule has 0 bridgehead atoms. The lowest BCUT2D eigenvalue weighted by Gasteiger charge is -2.09. The van der Waals surface area contributed by atoms with Gasteiger partial charge in [-0.2, -0.15) is 0 Å². The Balaban J connectivity index is 2.21. The number of hydrogen-bond acceptors (Lipinski definition) is 6.